The molecule has 0 spiro atoms. The number of fused-ring (bicyclic) bond motifs is 1. The standard InChI is InChI=1S/C18H24N2O4/c21-15-12-20(11-14(15)19-7-2-1-3-8-19)18(22)13-5-4-6-16-17(13)24-10-9-23-16/h4-6,14-15,21H,1-3,7-12H2. The normalized spacial score (nSPS) is 27.3. The van der Waals surface area contributed by atoms with E-state index >= 15 is 0 Å². The molecule has 0 radical (unpaired) electrons. The van der Waals surface area contributed by atoms with Gasteiger partial charge in [0.15, 0.2) is 11.5 Å². The summed E-state index contributed by atoms with van der Waals surface area (Å²) in [6.45, 7) is 3.94. The number of para-hydroxylation sites is 1. The molecule has 1 aromatic carbocycles. The minimum absolute atomic E-state index is 0.0472. The van der Waals surface area contributed by atoms with Crippen LogP contribution in [0.15, 0.2) is 18.2 Å². The molecule has 2 unspecified atom stereocenters. The van der Waals surface area contributed by atoms with Crippen molar-refractivity contribution >= 4 is 5.91 Å². The lowest BCUT2D eigenvalue weighted by atomic mass is 10.1. The lowest BCUT2D eigenvalue weighted by Crippen LogP contribution is -2.46. The summed E-state index contributed by atoms with van der Waals surface area (Å²) >= 11 is 0. The third-order valence-corrected chi connectivity index (χ3v) is 5.20. The molecule has 0 saturated carbocycles. The van der Waals surface area contributed by atoms with Gasteiger partial charge in [-0.1, -0.05) is 12.5 Å². The molecule has 2 atom stereocenters. The number of hydrogen-bond donors (Lipinski definition) is 1. The highest BCUT2D eigenvalue weighted by Crippen LogP contribution is 2.35. The number of carbonyl (C=O) groups is 1. The van der Waals surface area contributed by atoms with Crippen LogP contribution in [0.3, 0.4) is 0 Å². The van der Waals surface area contributed by atoms with Gasteiger partial charge in [0.05, 0.1) is 17.7 Å². The molecule has 1 amide bonds. The van der Waals surface area contributed by atoms with Crippen LogP contribution in [0.5, 0.6) is 11.5 Å². The minimum Gasteiger partial charge on any atom is -0.486 e. The Kier molecular flexibility index (Phi) is 4.33. The first-order valence-corrected chi connectivity index (χ1v) is 8.84. The number of rotatable bonds is 2. The van der Waals surface area contributed by atoms with E-state index in [1.165, 1.54) is 19.3 Å². The van der Waals surface area contributed by atoms with Crippen LogP contribution in [0.4, 0.5) is 0 Å². The number of carbonyl (C=O) groups excluding carboxylic acids is 1. The van der Waals surface area contributed by atoms with Crippen molar-refractivity contribution in [1.82, 2.24) is 9.80 Å². The molecule has 1 aromatic rings. The van der Waals surface area contributed by atoms with Gasteiger partial charge in [-0.2, -0.15) is 0 Å². The fourth-order valence-electron chi connectivity index (χ4n) is 3.96. The Morgan fingerprint density at radius 1 is 1.08 bits per heavy atom. The van der Waals surface area contributed by atoms with Crippen molar-refractivity contribution in [2.24, 2.45) is 0 Å². The summed E-state index contributed by atoms with van der Waals surface area (Å²) in [7, 11) is 0. The van der Waals surface area contributed by atoms with Crippen molar-refractivity contribution in [3.8, 4) is 11.5 Å². The Bertz CT molecular complexity index is 615. The molecular formula is C18H24N2O4. The van der Waals surface area contributed by atoms with Gasteiger partial charge < -0.3 is 19.5 Å². The van der Waals surface area contributed by atoms with Gasteiger partial charge >= 0.3 is 0 Å². The van der Waals surface area contributed by atoms with E-state index in [-0.39, 0.29) is 11.9 Å². The summed E-state index contributed by atoms with van der Waals surface area (Å²) in [6, 6.07) is 5.46. The van der Waals surface area contributed by atoms with Crippen molar-refractivity contribution < 1.29 is 19.4 Å². The van der Waals surface area contributed by atoms with Gasteiger partial charge in [-0.15, -0.1) is 0 Å². The smallest absolute Gasteiger partial charge is 0.257 e. The van der Waals surface area contributed by atoms with Crippen LogP contribution < -0.4 is 9.47 Å². The number of amides is 1. The van der Waals surface area contributed by atoms with E-state index in [1.807, 2.05) is 12.1 Å². The van der Waals surface area contributed by atoms with Crippen LogP contribution in [0.2, 0.25) is 0 Å². The average Bonchev–Trinajstić information content (AvgIpc) is 3.03. The van der Waals surface area contributed by atoms with E-state index in [0.717, 1.165) is 13.1 Å². The van der Waals surface area contributed by atoms with Gasteiger partial charge in [-0.05, 0) is 38.1 Å². The maximum absolute atomic E-state index is 13.0. The quantitative estimate of drug-likeness (QED) is 0.880. The Hall–Kier alpha value is -1.79. The van der Waals surface area contributed by atoms with Crippen LogP contribution in [-0.4, -0.2) is 72.4 Å². The van der Waals surface area contributed by atoms with Crippen molar-refractivity contribution in [1.29, 1.82) is 0 Å². The zero-order valence-electron chi connectivity index (χ0n) is 13.8. The number of piperidine rings is 1. The van der Waals surface area contributed by atoms with E-state index in [2.05, 4.69) is 4.90 Å². The highest BCUT2D eigenvalue weighted by atomic mass is 16.6. The fourth-order valence-corrected chi connectivity index (χ4v) is 3.96. The highest BCUT2D eigenvalue weighted by Gasteiger charge is 2.39. The van der Waals surface area contributed by atoms with E-state index in [4.69, 9.17) is 9.47 Å². The van der Waals surface area contributed by atoms with Crippen molar-refractivity contribution in [2.45, 2.75) is 31.4 Å². The SMILES string of the molecule is O=C(c1cccc2c1OCCO2)N1CC(O)C(N2CCCCC2)C1. The molecule has 6 heteroatoms. The van der Waals surface area contributed by atoms with E-state index in [0.29, 0.717) is 43.4 Å². The third-order valence-electron chi connectivity index (χ3n) is 5.20. The van der Waals surface area contributed by atoms with Crippen LogP contribution in [0, 0.1) is 0 Å². The molecule has 0 aromatic heterocycles. The zero-order chi connectivity index (χ0) is 16.5. The van der Waals surface area contributed by atoms with Crippen LogP contribution in [0.25, 0.3) is 0 Å². The predicted octanol–water partition coefficient (Wildman–Crippen LogP) is 1.13. The second-order valence-corrected chi connectivity index (χ2v) is 6.77. The third kappa shape index (κ3) is 2.84. The van der Waals surface area contributed by atoms with E-state index in [9.17, 15) is 9.90 Å². The van der Waals surface area contributed by atoms with Crippen molar-refractivity contribution in [3.63, 3.8) is 0 Å². The number of benzene rings is 1. The zero-order valence-corrected chi connectivity index (χ0v) is 13.8. The Balaban J connectivity index is 1.51. The molecule has 24 heavy (non-hydrogen) atoms. The molecule has 130 valence electrons. The van der Waals surface area contributed by atoms with Gasteiger partial charge in [0.25, 0.3) is 5.91 Å². The fraction of sp³-hybridized carbons (Fsp3) is 0.611. The first-order chi connectivity index (χ1) is 11.7. The lowest BCUT2D eigenvalue weighted by Gasteiger charge is -2.33. The molecule has 2 fully saturated rings. The van der Waals surface area contributed by atoms with Crippen LogP contribution >= 0.6 is 0 Å². The predicted molar refractivity (Wildman–Crippen MR) is 88.6 cm³/mol. The molecule has 6 nitrogen and oxygen atoms in total. The molecule has 3 aliphatic rings. The lowest BCUT2D eigenvalue weighted by molar-refractivity contribution is 0.0702. The summed E-state index contributed by atoms with van der Waals surface area (Å²) < 4.78 is 11.2. The number of ether oxygens (including phenoxy) is 2. The number of nitrogens with zero attached hydrogens (tertiary/aromatic N) is 2. The number of hydrogen-bond acceptors (Lipinski definition) is 5. The first kappa shape index (κ1) is 15.7. The van der Waals surface area contributed by atoms with E-state index < -0.39 is 6.10 Å². The molecule has 0 bridgehead atoms. The second kappa shape index (κ2) is 6.61. The summed E-state index contributed by atoms with van der Waals surface area (Å²) in [4.78, 5) is 17.0. The van der Waals surface area contributed by atoms with Crippen LogP contribution in [-0.2, 0) is 0 Å². The molecule has 3 heterocycles. The topological polar surface area (TPSA) is 62.2 Å². The summed E-state index contributed by atoms with van der Waals surface area (Å²) in [5.74, 6) is 1.07. The number of β-amino-alcohol motifs (C(OH)–C–C–N with tert-alkyl or cyclic N) is 1. The minimum atomic E-state index is -0.483. The van der Waals surface area contributed by atoms with Gasteiger partial charge in [0, 0.05) is 13.1 Å². The monoisotopic (exact) mass is 332 g/mol. The Morgan fingerprint density at radius 2 is 1.88 bits per heavy atom. The van der Waals surface area contributed by atoms with Gasteiger partial charge in [0.1, 0.15) is 13.2 Å². The molecule has 2 saturated heterocycles. The van der Waals surface area contributed by atoms with Gasteiger partial charge in [-0.3, -0.25) is 9.69 Å². The highest BCUT2D eigenvalue weighted by molar-refractivity contribution is 5.98. The number of likely N-dealkylation sites (tertiary alicyclic amines) is 2. The average molecular weight is 332 g/mol. The molecule has 3 aliphatic heterocycles. The second-order valence-electron chi connectivity index (χ2n) is 6.77. The van der Waals surface area contributed by atoms with Gasteiger partial charge in [0.2, 0.25) is 0 Å². The summed E-state index contributed by atoms with van der Waals surface area (Å²) in [6.07, 6.45) is 3.13. The first-order valence-electron chi connectivity index (χ1n) is 8.84. The molecular weight excluding hydrogens is 308 g/mol. The van der Waals surface area contributed by atoms with E-state index in [1.54, 1.807) is 11.0 Å². The number of aliphatic hydroxyl groups is 1. The largest absolute Gasteiger partial charge is 0.486 e. The maximum Gasteiger partial charge on any atom is 0.257 e. The Morgan fingerprint density at radius 3 is 2.71 bits per heavy atom. The summed E-state index contributed by atoms with van der Waals surface area (Å²) in [5, 5.41) is 10.5. The molecule has 1 N–H and O–H groups in total. The Labute approximate surface area is 141 Å². The number of aliphatic hydroxyl groups excluding tert-OH is 1. The van der Waals surface area contributed by atoms with Crippen LogP contribution in [0.1, 0.15) is 29.6 Å². The van der Waals surface area contributed by atoms with Crippen molar-refractivity contribution in [3.05, 3.63) is 23.8 Å². The summed E-state index contributed by atoms with van der Waals surface area (Å²) in [5.41, 5.74) is 0.527. The van der Waals surface area contributed by atoms with Crippen molar-refractivity contribution in [2.75, 3.05) is 39.4 Å². The maximum atomic E-state index is 13.0. The van der Waals surface area contributed by atoms with Gasteiger partial charge in [-0.25, -0.2) is 0 Å². The molecule has 0 aliphatic carbocycles. The molecule has 4 rings (SSSR count).